The standard InChI is InChI=1S/C23H29Cl2N3O4S/c1-4-26-23(30)17(2)27(16-18-7-9-19(24)10-8-18)22(29)6-5-15-28(33(3,31)32)21-13-11-20(25)12-14-21/h7-14,17H,4-6,15-16H2,1-3H3,(H,26,30). The molecular weight excluding hydrogens is 485 g/mol. The van der Waals surface area contributed by atoms with Crippen LogP contribution in [0.5, 0.6) is 0 Å². The number of halogens is 2. The highest BCUT2D eigenvalue weighted by atomic mass is 35.5. The van der Waals surface area contributed by atoms with E-state index in [1.165, 1.54) is 9.21 Å². The van der Waals surface area contributed by atoms with E-state index in [1.807, 2.05) is 6.92 Å². The van der Waals surface area contributed by atoms with E-state index in [4.69, 9.17) is 23.2 Å². The summed E-state index contributed by atoms with van der Waals surface area (Å²) in [5.41, 5.74) is 1.31. The Morgan fingerprint density at radius 1 is 1.00 bits per heavy atom. The number of sulfonamides is 1. The molecule has 0 fully saturated rings. The minimum absolute atomic E-state index is 0.0803. The fraction of sp³-hybridized carbons (Fsp3) is 0.391. The van der Waals surface area contributed by atoms with Crippen molar-refractivity contribution in [3.8, 4) is 0 Å². The molecule has 2 rings (SSSR count). The average Bonchev–Trinajstić information content (AvgIpc) is 2.76. The highest BCUT2D eigenvalue weighted by molar-refractivity contribution is 7.92. The van der Waals surface area contributed by atoms with Crippen LogP contribution in [0.25, 0.3) is 0 Å². The maximum absolute atomic E-state index is 13.1. The molecule has 10 heteroatoms. The van der Waals surface area contributed by atoms with Crippen LogP contribution in [-0.4, -0.2) is 50.5 Å². The molecular formula is C23H29Cl2N3O4S. The smallest absolute Gasteiger partial charge is 0.242 e. The van der Waals surface area contributed by atoms with E-state index in [-0.39, 0.29) is 37.7 Å². The average molecular weight is 514 g/mol. The number of hydrogen-bond donors (Lipinski definition) is 1. The summed E-state index contributed by atoms with van der Waals surface area (Å²) in [6.07, 6.45) is 1.48. The number of benzene rings is 2. The molecule has 0 spiro atoms. The number of nitrogens with zero attached hydrogens (tertiary/aromatic N) is 2. The highest BCUT2D eigenvalue weighted by Gasteiger charge is 2.26. The largest absolute Gasteiger partial charge is 0.355 e. The minimum atomic E-state index is -3.55. The van der Waals surface area contributed by atoms with Gasteiger partial charge in [0.05, 0.1) is 11.9 Å². The first kappa shape index (κ1) is 27.0. The van der Waals surface area contributed by atoms with E-state index in [0.717, 1.165) is 11.8 Å². The summed E-state index contributed by atoms with van der Waals surface area (Å²) in [5, 5.41) is 3.82. The van der Waals surface area contributed by atoms with Crippen molar-refractivity contribution in [2.45, 2.75) is 39.3 Å². The zero-order valence-corrected chi connectivity index (χ0v) is 21.3. The monoisotopic (exact) mass is 513 g/mol. The molecule has 0 saturated heterocycles. The van der Waals surface area contributed by atoms with Crippen LogP contribution in [0, 0.1) is 0 Å². The van der Waals surface area contributed by atoms with Gasteiger partial charge in [0.2, 0.25) is 21.8 Å². The van der Waals surface area contributed by atoms with E-state index in [1.54, 1.807) is 55.5 Å². The zero-order valence-electron chi connectivity index (χ0n) is 18.9. The molecule has 2 aromatic rings. The van der Waals surface area contributed by atoms with Gasteiger partial charge in [-0.3, -0.25) is 13.9 Å². The second-order valence-corrected chi connectivity index (χ2v) is 10.4. The Morgan fingerprint density at radius 3 is 2.06 bits per heavy atom. The minimum Gasteiger partial charge on any atom is -0.355 e. The van der Waals surface area contributed by atoms with Gasteiger partial charge in [-0.25, -0.2) is 8.42 Å². The van der Waals surface area contributed by atoms with Crippen molar-refractivity contribution in [1.29, 1.82) is 0 Å². The summed E-state index contributed by atoms with van der Waals surface area (Å²) >= 11 is 11.9. The van der Waals surface area contributed by atoms with Crippen molar-refractivity contribution in [3.63, 3.8) is 0 Å². The molecule has 1 atom stereocenters. The third-order valence-electron chi connectivity index (χ3n) is 5.05. The molecule has 0 radical (unpaired) electrons. The molecule has 0 aliphatic rings. The third-order valence-corrected chi connectivity index (χ3v) is 6.75. The van der Waals surface area contributed by atoms with E-state index >= 15 is 0 Å². The Morgan fingerprint density at radius 2 is 1.55 bits per heavy atom. The molecule has 33 heavy (non-hydrogen) atoms. The number of anilines is 1. The van der Waals surface area contributed by atoms with Crippen molar-refractivity contribution in [3.05, 3.63) is 64.1 Å². The van der Waals surface area contributed by atoms with Gasteiger partial charge in [-0.05, 0) is 62.2 Å². The topological polar surface area (TPSA) is 86.8 Å². The lowest BCUT2D eigenvalue weighted by molar-refractivity contribution is -0.140. The molecule has 0 bridgehead atoms. The number of likely N-dealkylation sites (N-methyl/N-ethyl adjacent to an activating group) is 1. The molecule has 0 aliphatic carbocycles. The van der Waals surface area contributed by atoms with E-state index < -0.39 is 16.1 Å². The Kier molecular flexibility index (Phi) is 10.0. The summed E-state index contributed by atoms with van der Waals surface area (Å²) in [6, 6.07) is 12.8. The molecule has 2 amide bonds. The Labute approximate surface area is 205 Å². The zero-order chi connectivity index (χ0) is 24.6. The van der Waals surface area contributed by atoms with Crippen LogP contribution < -0.4 is 9.62 Å². The van der Waals surface area contributed by atoms with Gasteiger partial charge in [0, 0.05) is 36.1 Å². The van der Waals surface area contributed by atoms with E-state index in [2.05, 4.69) is 5.32 Å². The number of hydrogen-bond acceptors (Lipinski definition) is 4. The van der Waals surface area contributed by atoms with Gasteiger partial charge in [-0.15, -0.1) is 0 Å². The number of nitrogens with one attached hydrogen (secondary N) is 1. The van der Waals surface area contributed by atoms with Gasteiger partial charge in [0.1, 0.15) is 6.04 Å². The van der Waals surface area contributed by atoms with E-state index in [0.29, 0.717) is 22.3 Å². The van der Waals surface area contributed by atoms with Crippen LogP contribution in [0.2, 0.25) is 10.0 Å². The van der Waals surface area contributed by atoms with Crippen LogP contribution in [0.4, 0.5) is 5.69 Å². The van der Waals surface area contributed by atoms with E-state index in [9.17, 15) is 18.0 Å². The second-order valence-electron chi connectivity index (χ2n) is 7.63. The summed E-state index contributed by atoms with van der Waals surface area (Å²) in [6.45, 7) is 4.30. The molecule has 0 saturated carbocycles. The number of rotatable bonds is 11. The summed E-state index contributed by atoms with van der Waals surface area (Å²) < 4.78 is 25.8. The van der Waals surface area contributed by atoms with Gasteiger partial charge < -0.3 is 10.2 Å². The van der Waals surface area contributed by atoms with Crippen molar-refractivity contribution >= 4 is 50.7 Å². The molecule has 7 nitrogen and oxygen atoms in total. The molecule has 0 aliphatic heterocycles. The SMILES string of the molecule is CCNC(=O)C(C)N(Cc1ccc(Cl)cc1)C(=O)CCCN(c1ccc(Cl)cc1)S(C)(=O)=O. The molecule has 0 aromatic heterocycles. The second kappa shape index (κ2) is 12.3. The molecule has 180 valence electrons. The summed E-state index contributed by atoms with van der Waals surface area (Å²) in [5.74, 6) is -0.494. The van der Waals surface area contributed by atoms with Gasteiger partial charge in [0.25, 0.3) is 0 Å². The number of amides is 2. The van der Waals surface area contributed by atoms with Crippen LogP contribution in [0.3, 0.4) is 0 Å². The Balaban J connectivity index is 2.13. The number of carbonyl (C=O) groups excluding carboxylic acids is 2. The predicted octanol–water partition coefficient (Wildman–Crippen LogP) is 4.09. The van der Waals surface area contributed by atoms with Gasteiger partial charge in [-0.1, -0.05) is 35.3 Å². The number of carbonyl (C=O) groups is 2. The van der Waals surface area contributed by atoms with Crippen LogP contribution in [0.15, 0.2) is 48.5 Å². The molecule has 1 N–H and O–H groups in total. The van der Waals surface area contributed by atoms with Gasteiger partial charge in [0.15, 0.2) is 0 Å². The van der Waals surface area contributed by atoms with Gasteiger partial charge in [-0.2, -0.15) is 0 Å². The third kappa shape index (κ3) is 8.21. The Hall–Kier alpha value is -2.29. The fourth-order valence-corrected chi connectivity index (χ4v) is 4.52. The Bertz CT molecular complexity index is 1040. The lowest BCUT2D eigenvalue weighted by atomic mass is 10.1. The fourth-order valence-electron chi connectivity index (χ4n) is 3.30. The van der Waals surface area contributed by atoms with Crippen LogP contribution in [-0.2, 0) is 26.2 Å². The molecule has 2 aromatic carbocycles. The van der Waals surface area contributed by atoms with Crippen molar-refractivity contribution in [1.82, 2.24) is 10.2 Å². The van der Waals surface area contributed by atoms with Crippen LogP contribution >= 0.6 is 23.2 Å². The molecule has 0 heterocycles. The predicted molar refractivity (Wildman–Crippen MR) is 133 cm³/mol. The normalized spacial score (nSPS) is 12.2. The summed E-state index contributed by atoms with van der Waals surface area (Å²) in [7, 11) is -3.55. The van der Waals surface area contributed by atoms with Crippen molar-refractivity contribution in [2.24, 2.45) is 0 Å². The maximum Gasteiger partial charge on any atom is 0.242 e. The lowest BCUT2D eigenvalue weighted by Gasteiger charge is -2.29. The van der Waals surface area contributed by atoms with Crippen molar-refractivity contribution < 1.29 is 18.0 Å². The van der Waals surface area contributed by atoms with Gasteiger partial charge >= 0.3 is 0 Å². The lowest BCUT2D eigenvalue weighted by Crippen LogP contribution is -2.47. The maximum atomic E-state index is 13.1. The quantitative estimate of drug-likeness (QED) is 0.490. The molecule has 1 unspecified atom stereocenters. The first-order valence-electron chi connectivity index (χ1n) is 10.6. The first-order chi connectivity index (χ1) is 15.5. The summed E-state index contributed by atoms with van der Waals surface area (Å²) in [4.78, 5) is 27.0. The van der Waals surface area contributed by atoms with Crippen molar-refractivity contribution in [2.75, 3.05) is 23.7 Å². The van der Waals surface area contributed by atoms with Crippen LogP contribution in [0.1, 0.15) is 32.3 Å². The first-order valence-corrected chi connectivity index (χ1v) is 13.2. The highest BCUT2D eigenvalue weighted by Crippen LogP contribution is 2.21.